The molecule has 2 N–H and O–H groups in total. The van der Waals surface area contributed by atoms with Gasteiger partial charge in [-0.3, -0.25) is 4.79 Å². The smallest absolute Gasteiger partial charge is 0.323 e. The Hall–Kier alpha value is -4.38. The highest BCUT2D eigenvalue weighted by atomic mass is 16.2. The molecule has 3 amide bonds. The largest absolute Gasteiger partial charge is 0.324 e. The summed E-state index contributed by atoms with van der Waals surface area (Å²) in [7, 11) is 0. The van der Waals surface area contributed by atoms with Gasteiger partial charge in [-0.25, -0.2) is 4.79 Å². The molecule has 0 aliphatic carbocycles. The van der Waals surface area contributed by atoms with Crippen molar-refractivity contribution >= 4 is 23.3 Å². The second-order valence-electron chi connectivity index (χ2n) is 8.46. The van der Waals surface area contributed by atoms with Crippen molar-refractivity contribution in [3.63, 3.8) is 0 Å². The Morgan fingerprint density at radius 1 is 0.657 bits per heavy atom. The molecule has 0 unspecified atom stereocenters. The van der Waals surface area contributed by atoms with Crippen LogP contribution in [0.4, 0.5) is 16.2 Å². The first-order valence-corrected chi connectivity index (χ1v) is 11.6. The Morgan fingerprint density at radius 2 is 1.14 bits per heavy atom. The predicted octanol–water partition coefficient (Wildman–Crippen LogP) is 6.57. The zero-order valence-electron chi connectivity index (χ0n) is 19.9. The lowest BCUT2D eigenvalue weighted by Gasteiger charge is -2.32. The number of anilines is 2. The van der Waals surface area contributed by atoms with Crippen LogP contribution in [0.2, 0.25) is 0 Å². The van der Waals surface area contributed by atoms with Crippen LogP contribution in [0.25, 0.3) is 0 Å². The first-order valence-electron chi connectivity index (χ1n) is 11.6. The minimum absolute atomic E-state index is 0.124. The Morgan fingerprint density at radius 3 is 1.66 bits per heavy atom. The molecule has 4 aromatic carbocycles. The van der Waals surface area contributed by atoms with Gasteiger partial charge >= 0.3 is 6.03 Å². The first kappa shape index (κ1) is 23.8. The summed E-state index contributed by atoms with van der Waals surface area (Å²) >= 11 is 0. The van der Waals surface area contributed by atoms with Crippen LogP contribution in [0.15, 0.2) is 109 Å². The highest BCUT2D eigenvalue weighted by molar-refractivity contribution is 5.98. The number of hydrogen-bond acceptors (Lipinski definition) is 2. The molecule has 5 heteroatoms. The number of aryl methyl sites for hydroxylation is 2. The van der Waals surface area contributed by atoms with E-state index < -0.39 is 6.04 Å². The minimum Gasteiger partial charge on any atom is -0.324 e. The van der Waals surface area contributed by atoms with Gasteiger partial charge in [0.05, 0.1) is 6.04 Å². The van der Waals surface area contributed by atoms with Crippen molar-refractivity contribution in [1.29, 1.82) is 0 Å². The van der Waals surface area contributed by atoms with Gasteiger partial charge < -0.3 is 15.5 Å². The monoisotopic (exact) mass is 463 g/mol. The summed E-state index contributed by atoms with van der Waals surface area (Å²) in [6.45, 7) is 3.79. The highest BCUT2D eigenvalue weighted by Crippen LogP contribution is 2.30. The number of para-hydroxylation sites is 2. The van der Waals surface area contributed by atoms with Crippen LogP contribution in [-0.4, -0.2) is 23.4 Å². The molecule has 0 aliphatic heterocycles. The Labute approximate surface area is 206 Å². The summed E-state index contributed by atoms with van der Waals surface area (Å²) < 4.78 is 0. The number of carbonyl (C=O) groups excluding carboxylic acids is 2. The van der Waals surface area contributed by atoms with Gasteiger partial charge in [-0.2, -0.15) is 0 Å². The molecular weight excluding hydrogens is 434 g/mol. The zero-order chi connectivity index (χ0) is 24.6. The summed E-state index contributed by atoms with van der Waals surface area (Å²) in [6, 6.07) is 33.9. The van der Waals surface area contributed by atoms with Gasteiger partial charge in [0.15, 0.2) is 0 Å². The van der Waals surface area contributed by atoms with Crippen molar-refractivity contribution in [2.45, 2.75) is 19.9 Å². The van der Waals surface area contributed by atoms with Crippen molar-refractivity contribution in [1.82, 2.24) is 4.90 Å². The molecule has 0 spiro atoms. The lowest BCUT2D eigenvalue weighted by molar-refractivity contribution is -0.117. The van der Waals surface area contributed by atoms with Crippen molar-refractivity contribution in [2.24, 2.45) is 0 Å². The molecule has 0 aromatic heterocycles. The number of carbonyl (C=O) groups is 2. The van der Waals surface area contributed by atoms with E-state index in [2.05, 4.69) is 10.6 Å². The number of nitrogens with zero attached hydrogens (tertiary/aromatic N) is 1. The van der Waals surface area contributed by atoms with Crippen LogP contribution in [0.5, 0.6) is 0 Å². The topological polar surface area (TPSA) is 61.4 Å². The van der Waals surface area contributed by atoms with Crippen LogP contribution in [-0.2, 0) is 4.79 Å². The standard InChI is InChI=1S/C30H29N3O2/c1-22-13-12-14-23(2)28(22)32-27(34)21-33(30(35)31-26-19-10-5-11-20-26)29(24-15-6-3-7-16-24)25-17-8-4-9-18-25/h3-20,29H,21H2,1-2H3,(H,31,35)(H,32,34). The summed E-state index contributed by atoms with van der Waals surface area (Å²) in [5.41, 5.74) is 5.22. The fourth-order valence-corrected chi connectivity index (χ4v) is 4.17. The van der Waals surface area contributed by atoms with Gasteiger partial charge in [0.2, 0.25) is 5.91 Å². The molecule has 0 radical (unpaired) electrons. The molecule has 0 saturated carbocycles. The molecular formula is C30H29N3O2. The fourth-order valence-electron chi connectivity index (χ4n) is 4.17. The molecule has 0 aliphatic rings. The fraction of sp³-hybridized carbons (Fsp3) is 0.133. The molecule has 0 heterocycles. The van der Waals surface area contributed by atoms with E-state index in [1.165, 1.54) is 0 Å². The minimum atomic E-state index is -0.454. The van der Waals surface area contributed by atoms with E-state index in [4.69, 9.17) is 0 Å². The Bertz CT molecular complexity index is 1220. The van der Waals surface area contributed by atoms with Crippen LogP contribution in [0.3, 0.4) is 0 Å². The van der Waals surface area contributed by atoms with E-state index in [-0.39, 0.29) is 18.5 Å². The number of benzene rings is 4. The van der Waals surface area contributed by atoms with Gasteiger partial charge in [0.25, 0.3) is 0 Å². The predicted molar refractivity (Wildman–Crippen MR) is 141 cm³/mol. The summed E-state index contributed by atoms with van der Waals surface area (Å²) in [5, 5.41) is 5.99. The van der Waals surface area contributed by atoms with Crippen LogP contribution < -0.4 is 10.6 Å². The summed E-state index contributed by atoms with van der Waals surface area (Å²) in [6.07, 6.45) is 0. The van der Waals surface area contributed by atoms with Gasteiger partial charge in [-0.1, -0.05) is 97.1 Å². The van der Waals surface area contributed by atoms with E-state index >= 15 is 0 Å². The van der Waals surface area contributed by atoms with E-state index in [1.807, 2.05) is 123 Å². The molecule has 0 atom stereocenters. The molecule has 5 nitrogen and oxygen atoms in total. The average Bonchev–Trinajstić information content (AvgIpc) is 2.88. The summed E-state index contributed by atoms with van der Waals surface area (Å²) in [5.74, 6) is -0.262. The number of amides is 3. The van der Waals surface area contributed by atoms with Crippen LogP contribution in [0.1, 0.15) is 28.3 Å². The van der Waals surface area contributed by atoms with Gasteiger partial charge in [-0.15, -0.1) is 0 Å². The van der Waals surface area contributed by atoms with Crippen molar-refractivity contribution < 1.29 is 9.59 Å². The van der Waals surface area contributed by atoms with Crippen molar-refractivity contribution in [3.8, 4) is 0 Å². The van der Waals surface area contributed by atoms with E-state index in [0.29, 0.717) is 5.69 Å². The molecule has 4 aromatic rings. The van der Waals surface area contributed by atoms with Crippen LogP contribution in [0, 0.1) is 13.8 Å². The second kappa shape index (κ2) is 11.2. The van der Waals surface area contributed by atoms with Crippen LogP contribution >= 0.6 is 0 Å². The number of hydrogen-bond donors (Lipinski definition) is 2. The van der Waals surface area contributed by atoms with Crippen molar-refractivity contribution in [2.75, 3.05) is 17.2 Å². The Balaban J connectivity index is 1.70. The normalized spacial score (nSPS) is 10.6. The zero-order valence-corrected chi connectivity index (χ0v) is 19.9. The second-order valence-corrected chi connectivity index (χ2v) is 8.46. The molecule has 35 heavy (non-hydrogen) atoms. The maximum absolute atomic E-state index is 13.7. The highest BCUT2D eigenvalue weighted by Gasteiger charge is 2.29. The summed E-state index contributed by atoms with van der Waals surface area (Å²) in [4.78, 5) is 28.6. The van der Waals surface area contributed by atoms with Gasteiger partial charge in [-0.05, 0) is 48.2 Å². The maximum atomic E-state index is 13.7. The van der Waals surface area contributed by atoms with E-state index in [0.717, 1.165) is 27.9 Å². The number of nitrogens with one attached hydrogen (secondary N) is 2. The van der Waals surface area contributed by atoms with Gasteiger partial charge in [0, 0.05) is 11.4 Å². The maximum Gasteiger partial charge on any atom is 0.323 e. The first-order chi connectivity index (χ1) is 17.0. The SMILES string of the molecule is Cc1cccc(C)c1NC(=O)CN(C(=O)Nc1ccccc1)C(c1ccccc1)c1ccccc1. The Kier molecular flexibility index (Phi) is 7.58. The number of rotatable bonds is 7. The van der Waals surface area contributed by atoms with E-state index in [9.17, 15) is 9.59 Å². The average molecular weight is 464 g/mol. The third-order valence-corrected chi connectivity index (χ3v) is 5.89. The van der Waals surface area contributed by atoms with Crippen molar-refractivity contribution in [3.05, 3.63) is 131 Å². The lowest BCUT2D eigenvalue weighted by atomic mass is 9.97. The third-order valence-electron chi connectivity index (χ3n) is 5.89. The molecule has 0 bridgehead atoms. The molecule has 4 rings (SSSR count). The third kappa shape index (κ3) is 5.95. The van der Waals surface area contributed by atoms with E-state index in [1.54, 1.807) is 4.90 Å². The quantitative estimate of drug-likeness (QED) is 0.326. The molecule has 176 valence electrons. The van der Waals surface area contributed by atoms with Gasteiger partial charge in [0.1, 0.15) is 6.54 Å². The lowest BCUT2D eigenvalue weighted by Crippen LogP contribution is -2.43. The number of urea groups is 1. The molecule has 0 fully saturated rings. The molecule has 0 saturated heterocycles.